The maximum absolute atomic E-state index is 12.3. The van der Waals surface area contributed by atoms with Gasteiger partial charge in [-0.05, 0) is 68.7 Å². The third kappa shape index (κ3) is 3.00. The predicted molar refractivity (Wildman–Crippen MR) is 95.2 cm³/mol. The third-order valence-electron chi connectivity index (χ3n) is 3.86. The molecule has 0 amide bonds. The van der Waals surface area contributed by atoms with Crippen LogP contribution in [-0.2, 0) is 0 Å². The standard InChI is InChI=1S/C20H21NO2/c1-12(2)23-20-13(3)9-15(10-14(20)4)18-11-19(22)16-7-5-6-8-17(16)21-18/h5-12H,1-4H3,(H,21,22). The van der Waals surface area contributed by atoms with Crippen molar-refractivity contribution in [2.75, 3.05) is 0 Å². The molecule has 0 spiro atoms. The molecule has 3 rings (SSSR count). The molecule has 0 aliphatic heterocycles. The van der Waals surface area contributed by atoms with Crippen LogP contribution in [0.1, 0.15) is 25.0 Å². The van der Waals surface area contributed by atoms with E-state index in [0.29, 0.717) is 5.39 Å². The van der Waals surface area contributed by atoms with Crippen molar-refractivity contribution in [3.05, 3.63) is 63.8 Å². The highest BCUT2D eigenvalue weighted by molar-refractivity contribution is 5.81. The zero-order chi connectivity index (χ0) is 16.6. The van der Waals surface area contributed by atoms with Gasteiger partial charge in [-0.15, -0.1) is 0 Å². The van der Waals surface area contributed by atoms with E-state index in [9.17, 15) is 4.79 Å². The number of aryl methyl sites for hydroxylation is 2. The molecular weight excluding hydrogens is 286 g/mol. The van der Waals surface area contributed by atoms with Gasteiger partial charge in [0.25, 0.3) is 0 Å². The minimum Gasteiger partial charge on any atom is -0.490 e. The zero-order valence-electron chi connectivity index (χ0n) is 13.9. The third-order valence-corrected chi connectivity index (χ3v) is 3.86. The summed E-state index contributed by atoms with van der Waals surface area (Å²) in [6.45, 7) is 8.11. The summed E-state index contributed by atoms with van der Waals surface area (Å²) in [5.74, 6) is 0.923. The van der Waals surface area contributed by atoms with Crippen LogP contribution in [0.25, 0.3) is 22.2 Å². The van der Waals surface area contributed by atoms with Crippen molar-refractivity contribution in [1.82, 2.24) is 4.98 Å². The summed E-state index contributed by atoms with van der Waals surface area (Å²) in [6.07, 6.45) is 0.138. The molecule has 1 N–H and O–H groups in total. The maximum atomic E-state index is 12.3. The van der Waals surface area contributed by atoms with Crippen LogP contribution in [0.15, 0.2) is 47.3 Å². The molecule has 23 heavy (non-hydrogen) atoms. The smallest absolute Gasteiger partial charge is 0.190 e. The lowest BCUT2D eigenvalue weighted by Gasteiger charge is -2.16. The van der Waals surface area contributed by atoms with Gasteiger partial charge in [0, 0.05) is 22.7 Å². The molecule has 3 heteroatoms. The summed E-state index contributed by atoms with van der Waals surface area (Å²) < 4.78 is 5.89. The van der Waals surface area contributed by atoms with Gasteiger partial charge in [0.2, 0.25) is 0 Å². The van der Waals surface area contributed by atoms with Gasteiger partial charge in [-0.25, -0.2) is 0 Å². The lowest BCUT2D eigenvalue weighted by atomic mass is 10.0. The second-order valence-corrected chi connectivity index (χ2v) is 6.20. The van der Waals surface area contributed by atoms with Crippen molar-refractivity contribution in [2.45, 2.75) is 33.8 Å². The van der Waals surface area contributed by atoms with Crippen molar-refractivity contribution in [3.63, 3.8) is 0 Å². The van der Waals surface area contributed by atoms with E-state index in [0.717, 1.165) is 33.7 Å². The van der Waals surface area contributed by atoms with Crippen LogP contribution in [0.5, 0.6) is 5.75 Å². The number of hydrogen-bond donors (Lipinski definition) is 1. The average Bonchev–Trinajstić information content (AvgIpc) is 2.50. The van der Waals surface area contributed by atoms with E-state index in [4.69, 9.17) is 4.74 Å². The lowest BCUT2D eigenvalue weighted by molar-refractivity contribution is 0.239. The van der Waals surface area contributed by atoms with Crippen LogP contribution in [0.3, 0.4) is 0 Å². The molecule has 3 nitrogen and oxygen atoms in total. The summed E-state index contributed by atoms with van der Waals surface area (Å²) in [4.78, 5) is 15.7. The Morgan fingerprint density at radius 1 is 1.00 bits per heavy atom. The van der Waals surface area contributed by atoms with Crippen LogP contribution in [-0.4, -0.2) is 11.1 Å². The number of pyridine rings is 1. The number of ether oxygens (including phenoxy) is 1. The first-order chi connectivity index (χ1) is 11.0. The van der Waals surface area contributed by atoms with Crippen LogP contribution < -0.4 is 10.2 Å². The van der Waals surface area contributed by atoms with Gasteiger partial charge in [-0.3, -0.25) is 4.79 Å². The highest BCUT2D eigenvalue weighted by Crippen LogP contribution is 2.30. The van der Waals surface area contributed by atoms with Gasteiger partial charge in [0.15, 0.2) is 5.43 Å². The van der Waals surface area contributed by atoms with Crippen molar-refractivity contribution in [2.24, 2.45) is 0 Å². The van der Waals surface area contributed by atoms with Crippen molar-refractivity contribution < 1.29 is 4.74 Å². The number of para-hydroxylation sites is 1. The summed E-state index contributed by atoms with van der Waals surface area (Å²) in [5.41, 5.74) is 4.86. The molecule has 0 radical (unpaired) electrons. The zero-order valence-corrected chi connectivity index (χ0v) is 13.9. The fraction of sp³-hybridized carbons (Fsp3) is 0.250. The van der Waals surface area contributed by atoms with Crippen LogP contribution >= 0.6 is 0 Å². The van der Waals surface area contributed by atoms with E-state index < -0.39 is 0 Å². The van der Waals surface area contributed by atoms with Crippen molar-refractivity contribution >= 4 is 10.9 Å². The number of aromatic amines is 1. The molecule has 2 aromatic carbocycles. The number of nitrogens with one attached hydrogen (secondary N) is 1. The Kier molecular flexibility index (Phi) is 3.95. The van der Waals surface area contributed by atoms with Crippen molar-refractivity contribution in [3.8, 4) is 17.0 Å². The normalized spacial score (nSPS) is 11.2. The topological polar surface area (TPSA) is 42.1 Å². The molecular formula is C20H21NO2. The van der Waals surface area contributed by atoms with E-state index in [1.165, 1.54) is 0 Å². The Bertz CT molecular complexity index is 899. The number of fused-ring (bicyclic) bond motifs is 1. The van der Waals surface area contributed by atoms with Crippen molar-refractivity contribution in [1.29, 1.82) is 0 Å². The van der Waals surface area contributed by atoms with Gasteiger partial charge in [-0.2, -0.15) is 0 Å². The summed E-state index contributed by atoms with van der Waals surface area (Å²) >= 11 is 0. The number of hydrogen-bond acceptors (Lipinski definition) is 2. The van der Waals surface area contributed by atoms with E-state index in [1.807, 2.05) is 52.0 Å². The highest BCUT2D eigenvalue weighted by atomic mass is 16.5. The van der Waals surface area contributed by atoms with E-state index in [1.54, 1.807) is 6.07 Å². The van der Waals surface area contributed by atoms with Gasteiger partial charge in [0.05, 0.1) is 6.10 Å². The second-order valence-electron chi connectivity index (χ2n) is 6.20. The molecule has 0 atom stereocenters. The van der Waals surface area contributed by atoms with Gasteiger partial charge >= 0.3 is 0 Å². The van der Waals surface area contributed by atoms with Gasteiger partial charge < -0.3 is 9.72 Å². The largest absolute Gasteiger partial charge is 0.490 e. The summed E-state index contributed by atoms with van der Waals surface area (Å²) in [5, 5.41) is 0.712. The first kappa shape index (κ1) is 15.3. The van der Waals surface area contributed by atoms with Crippen LogP contribution in [0.2, 0.25) is 0 Å². The van der Waals surface area contributed by atoms with E-state index in [-0.39, 0.29) is 11.5 Å². The average molecular weight is 307 g/mol. The molecule has 1 aromatic heterocycles. The van der Waals surface area contributed by atoms with Crippen LogP contribution in [0.4, 0.5) is 0 Å². The monoisotopic (exact) mass is 307 g/mol. The fourth-order valence-corrected chi connectivity index (χ4v) is 2.88. The molecule has 3 aromatic rings. The molecule has 0 aliphatic rings. The van der Waals surface area contributed by atoms with Crippen LogP contribution in [0, 0.1) is 13.8 Å². The number of aromatic nitrogens is 1. The Labute approximate surface area is 135 Å². The minimum absolute atomic E-state index is 0.0344. The molecule has 0 saturated heterocycles. The summed E-state index contributed by atoms with van der Waals surface area (Å²) in [6, 6.07) is 13.4. The van der Waals surface area contributed by atoms with E-state index >= 15 is 0 Å². The molecule has 0 bridgehead atoms. The molecule has 0 fully saturated rings. The SMILES string of the molecule is Cc1cc(-c2cc(=O)c3ccccc3[nH]2)cc(C)c1OC(C)C. The second kappa shape index (κ2) is 5.92. The number of benzene rings is 2. The Balaban J connectivity index is 2.14. The van der Waals surface area contributed by atoms with Gasteiger partial charge in [0.1, 0.15) is 5.75 Å². The Morgan fingerprint density at radius 3 is 2.30 bits per heavy atom. The molecule has 0 saturated carbocycles. The molecule has 0 unspecified atom stereocenters. The molecule has 1 heterocycles. The number of H-pyrrole nitrogens is 1. The first-order valence-corrected chi connectivity index (χ1v) is 7.86. The first-order valence-electron chi connectivity index (χ1n) is 7.86. The van der Waals surface area contributed by atoms with Gasteiger partial charge in [-0.1, -0.05) is 12.1 Å². The quantitative estimate of drug-likeness (QED) is 0.768. The molecule has 118 valence electrons. The predicted octanol–water partition coefficient (Wildman–Crippen LogP) is 4.60. The maximum Gasteiger partial charge on any atom is 0.190 e. The minimum atomic E-state index is 0.0344. The number of rotatable bonds is 3. The summed E-state index contributed by atoms with van der Waals surface area (Å²) in [7, 11) is 0. The van der Waals surface area contributed by atoms with E-state index in [2.05, 4.69) is 17.1 Å². The highest BCUT2D eigenvalue weighted by Gasteiger charge is 2.11. The lowest BCUT2D eigenvalue weighted by Crippen LogP contribution is -2.08. The Morgan fingerprint density at radius 2 is 1.65 bits per heavy atom. The Hall–Kier alpha value is -2.55. The molecule has 0 aliphatic carbocycles. The fourth-order valence-electron chi connectivity index (χ4n) is 2.88.